The molecule has 18 heavy (non-hydrogen) atoms. The minimum absolute atomic E-state index is 0.282. The van der Waals surface area contributed by atoms with Crippen molar-refractivity contribution in [3.8, 4) is 0 Å². The number of hydrogen-bond acceptors (Lipinski definition) is 3. The number of hydrogen-bond donors (Lipinski definition) is 1. The van der Waals surface area contributed by atoms with Crippen molar-refractivity contribution in [2.75, 3.05) is 19.6 Å². The molecule has 0 bridgehead atoms. The van der Waals surface area contributed by atoms with Gasteiger partial charge in [-0.1, -0.05) is 0 Å². The molecule has 1 N–H and O–H groups in total. The van der Waals surface area contributed by atoms with Gasteiger partial charge in [-0.25, -0.2) is 0 Å². The first-order valence-corrected chi connectivity index (χ1v) is 7.13. The van der Waals surface area contributed by atoms with Gasteiger partial charge >= 0.3 is 5.97 Å². The maximum Gasteiger partial charge on any atom is 0.303 e. The van der Waals surface area contributed by atoms with E-state index in [4.69, 9.17) is 5.11 Å². The quantitative estimate of drug-likeness (QED) is 0.757. The molecule has 1 atom stereocenters. The molecule has 0 aromatic heterocycles. The van der Waals surface area contributed by atoms with Gasteiger partial charge in [0.2, 0.25) is 0 Å². The molecule has 1 aliphatic rings. The van der Waals surface area contributed by atoms with Gasteiger partial charge in [0.1, 0.15) is 0 Å². The molecular weight excluding hydrogens is 228 g/mol. The van der Waals surface area contributed by atoms with Crippen molar-refractivity contribution in [3.05, 3.63) is 0 Å². The molecule has 0 amide bonds. The van der Waals surface area contributed by atoms with E-state index in [1.165, 1.54) is 13.0 Å². The molecule has 1 aliphatic heterocycles. The monoisotopic (exact) mass is 256 g/mol. The van der Waals surface area contributed by atoms with E-state index in [0.717, 1.165) is 19.5 Å². The Labute approximate surface area is 111 Å². The summed E-state index contributed by atoms with van der Waals surface area (Å²) in [6.07, 6.45) is 2.25. The molecule has 106 valence electrons. The smallest absolute Gasteiger partial charge is 0.303 e. The maximum absolute atomic E-state index is 10.6. The summed E-state index contributed by atoms with van der Waals surface area (Å²) in [5, 5.41) is 8.72. The fraction of sp³-hybridized carbons (Fsp3) is 0.929. The number of carboxylic acid groups (broad SMARTS) is 1. The zero-order chi connectivity index (χ0) is 13.7. The molecule has 1 fully saturated rings. The Hall–Kier alpha value is -0.610. The van der Waals surface area contributed by atoms with Gasteiger partial charge in [-0.05, 0) is 47.1 Å². The third-order valence-corrected chi connectivity index (χ3v) is 3.86. The Morgan fingerprint density at radius 1 is 1.39 bits per heavy atom. The predicted octanol–water partition coefficient (Wildman–Crippen LogP) is 2.04. The first kappa shape index (κ1) is 15.4. The minimum Gasteiger partial charge on any atom is -0.481 e. The highest BCUT2D eigenvalue weighted by atomic mass is 16.4. The van der Waals surface area contributed by atoms with Gasteiger partial charge in [0, 0.05) is 37.6 Å². The zero-order valence-corrected chi connectivity index (χ0v) is 12.2. The molecule has 4 nitrogen and oxygen atoms in total. The number of carbonyl (C=O) groups is 1. The fourth-order valence-electron chi connectivity index (χ4n) is 2.78. The average molecular weight is 256 g/mol. The van der Waals surface area contributed by atoms with Crippen molar-refractivity contribution < 1.29 is 9.90 Å². The van der Waals surface area contributed by atoms with Gasteiger partial charge in [-0.2, -0.15) is 0 Å². The van der Waals surface area contributed by atoms with E-state index < -0.39 is 5.97 Å². The first-order valence-electron chi connectivity index (χ1n) is 7.13. The van der Waals surface area contributed by atoms with Crippen molar-refractivity contribution in [1.29, 1.82) is 0 Å². The Morgan fingerprint density at radius 2 is 2.06 bits per heavy atom. The van der Waals surface area contributed by atoms with E-state index in [2.05, 4.69) is 37.5 Å². The summed E-state index contributed by atoms with van der Waals surface area (Å²) >= 11 is 0. The number of carboxylic acids is 1. The third kappa shape index (κ3) is 4.58. The standard InChI is InChI=1S/C14H28N2O2/c1-11(2)15-9-7-13(10-15)16(12(3)4)8-5-6-14(17)18/h11-13H,5-10H2,1-4H3,(H,17,18). The van der Waals surface area contributed by atoms with Crippen LogP contribution in [0.4, 0.5) is 0 Å². The largest absolute Gasteiger partial charge is 0.481 e. The molecule has 1 saturated heterocycles. The Kier molecular flexibility index (Phi) is 6.09. The van der Waals surface area contributed by atoms with Gasteiger partial charge < -0.3 is 5.11 Å². The number of aliphatic carboxylic acids is 1. The summed E-state index contributed by atoms with van der Waals surface area (Å²) in [6.45, 7) is 12.1. The lowest BCUT2D eigenvalue weighted by atomic mass is 10.1. The molecule has 0 aromatic carbocycles. The second-order valence-electron chi connectivity index (χ2n) is 5.86. The second-order valence-corrected chi connectivity index (χ2v) is 5.86. The number of rotatable bonds is 7. The van der Waals surface area contributed by atoms with Gasteiger partial charge in [0.25, 0.3) is 0 Å². The molecule has 1 heterocycles. The van der Waals surface area contributed by atoms with Crippen LogP contribution in [0.25, 0.3) is 0 Å². The van der Waals surface area contributed by atoms with Crippen LogP contribution < -0.4 is 0 Å². The van der Waals surface area contributed by atoms with Crippen LogP contribution in [0.3, 0.4) is 0 Å². The highest BCUT2D eigenvalue weighted by molar-refractivity contribution is 5.66. The summed E-state index contributed by atoms with van der Waals surface area (Å²) in [5.41, 5.74) is 0. The van der Waals surface area contributed by atoms with Crippen molar-refractivity contribution in [1.82, 2.24) is 9.80 Å². The average Bonchev–Trinajstić information content (AvgIpc) is 2.72. The van der Waals surface area contributed by atoms with Crippen LogP contribution in [0.1, 0.15) is 47.0 Å². The van der Waals surface area contributed by atoms with Crippen LogP contribution in [0.15, 0.2) is 0 Å². The molecule has 0 saturated carbocycles. The summed E-state index contributed by atoms with van der Waals surface area (Å²) in [7, 11) is 0. The SMILES string of the molecule is CC(C)N1CCC(N(CCCC(=O)O)C(C)C)C1. The molecule has 1 rings (SSSR count). The maximum atomic E-state index is 10.6. The van der Waals surface area contributed by atoms with E-state index in [0.29, 0.717) is 18.1 Å². The van der Waals surface area contributed by atoms with Crippen molar-refractivity contribution in [2.24, 2.45) is 0 Å². The van der Waals surface area contributed by atoms with E-state index in [1.54, 1.807) is 0 Å². The zero-order valence-electron chi connectivity index (χ0n) is 12.2. The van der Waals surface area contributed by atoms with E-state index in [9.17, 15) is 4.79 Å². The molecular formula is C14H28N2O2. The number of nitrogens with zero attached hydrogens (tertiary/aromatic N) is 2. The Balaban J connectivity index is 2.45. The van der Waals surface area contributed by atoms with Gasteiger partial charge in [0.15, 0.2) is 0 Å². The normalized spacial score (nSPS) is 21.4. The molecule has 1 unspecified atom stereocenters. The van der Waals surface area contributed by atoms with Crippen LogP contribution in [-0.2, 0) is 4.79 Å². The van der Waals surface area contributed by atoms with E-state index in [-0.39, 0.29) is 6.42 Å². The van der Waals surface area contributed by atoms with Gasteiger partial charge in [-0.15, -0.1) is 0 Å². The molecule has 4 heteroatoms. The predicted molar refractivity (Wildman–Crippen MR) is 73.8 cm³/mol. The summed E-state index contributed by atoms with van der Waals surface area (Å²) in [4.78, 5) is 15.6. The molecule has 0 aliphatic carbocycles. The highest BCUT2D eigenvalue weighted by Gasteiger charge is 2.29. The van der Waals surface area contributed by atoms with Crippen molar-refractivity contribution in [3.63, 3.8) is 0 Å². The molecule has 0 spiro atoms. The second kappa shape index (κ2) is 7.10. The highest BCUT2D eigenvalue weighted by Crippen LogP contribution is 2.20. The number of likely N-dealkylation sites (tertiary alicyclic amines) is 1. The van der Waals surface area contributed by atoms with Gasteiger partial charge in [0.05, 0.1) is 0 Å². The minimum atomic E-state index is -0.686. The molecule has 0 radical (unpaired) electrons. The van der Waals surface area contributed by atoms with Crippen LogP contribution in [0.2, 0.25) is 0 Å². The van der Waals surface area contributed by atoms with Crippen LogP contribution in [-0.4, -0.2) is 58.6 Å². The lowest BCUT2D eigenvalue weighted by Crippen LogP contribution is -2.43. The summed E-state index contributed by atoms with van der Waals surface area (Å²) in [6, 6.07) is 1.71. The van der Waals surface area contributed by atoms with Gasteiger partial charge in [-0.3, -0.25) is 14.6 Å². The fourth-order valence-corrected chi connectivity index (χ4v) is 2.78. The van der Waals surface area contributed by atoms with Crippen LogP contribution >= 0.6 is 0 Å². The Bertz CT molecular complexity index is 267. The Morgan fingerprint density at radius 3 is 2.50 bits per heavy atom. The third-order valence-electron chi connectivity index (χ3n) is 3.86. The van der Waals surface area contributed by atoms with Crippen molar-refractivity contribution in [2.45, 2.75) is 65.1 Å². The van der Waals surface area contributed by atoms with Crippen molar-refractivity contribution >= 4 is 5.97 Å². The van der Waals surface area contributed by atoms with Crippen LogP contribution in [0.5, 0.6) is 0 Å². The van der Waals surface area contributed by atoms with Crippen LogP contribution in [0, 0.1) is 0 Å². The molecule has 0 aromatic rings. The topological polar surface area (TPSA) is 43.8 Å². The summed E-state index contributed by atoms with van der Waals surface area (Å²) in [5.74, 6) is -0.686. The first-order chi connectivity index (χ1) is 8.41. The summed E-state index contributed by atoms with van der Waals surface area (Å²) < 4.78 is 0. The lowest BCUT2D eigenvalue weighted by Gasteiger charge is -2.33. The lowest BCUT2D eigenvalue weighted by molar-refractivity contribution is -0.137. The van der Waals surface area contributed by atoms with E-state index >= 15 is 0 Å². The van der Waals surface area contributed by atoms with E-state index in [1.807, 2.05) is 0 Å².